The van der Waals surface area contributed by atoms with Crippen LogP contribution in [0.3, 0.4) is 0 Å². The first-order valence-electron chi connectivity index (χ1n) is 7.43. The highest BCUT2D eigenvalue weighted by atomic mass is 16.4. The van der Waals surface area contributed by atoms with E-state index in [1.165, 1.54) is 0 Å². The van der Waals surface area contributed by atoms with Crippen molar-refractivity contribution in [2.75, 3.05) is 6.54 Å². The van der Waals surface area contributed by atoms with Crippen molar-refractivity contribution in [3.8, 4) is 0 Å². The van der Waals surface area contributed by atoms with E-state index in [1.54, 1.807) is 0 Å². The number of carboxylic acids is 1. The van der Waals surface area contributed by atoms with Crippen LogP contribution in [0.2, 0.25) is 0 Å². The molecule has 0 bridgehead atoms. The van der Waals surface area contributed by atoms with Crippen LogP contribution >= 0.6 is 0 Å². The second-order valence-electron chi connectivity index (χ2n) is 5.96. The first kappa shape index (κ1) is 17.2. The number of nitrogens with one attached hydrogen (secondary N) is 1. The minimum Gasteiger partial charge on any atom is -0.481 e. The first-order chi connectivity index (χ1) is 9.88. The van der Waals surface area contributed by atoms with Crippen LogP contribution in [0.4, 0.5) is 0 Å². The minimum absolute atomic E-state index is 0.0702. The number of hydrogen-bond donors (Lipinski definition) is 2. The van der Waals surface area contributed by atoms with E-state index < -0.39 is 11.9 Å². The molecular formula is C17H25NO3. The van der Waals surface area contributed by atoms with Gasteiger partial charge in [0.2, 0.25) is 5.91 Å². The van der Waals surface area contributed by atoms with Crippen LogP contribution in [-0.2, 0) is 16.0 Å². The van der Waals surface area contributed by atoms with Gasteiger partial charge in [0.25, 0.3) is 0 Å². The predicted molar refractivity (Wildman–Crippen MR) is 83.1 cm³/mol. The fraction of sp³-hybridized carbons (Fsp3) is 0.529. The zero-order chi connectivity index (χ0) is 15.8. The van der Waals surface area contributed by atoms with Crippen molar-refractivity contribution in [2.24, 2.45) is 11.8 Å². The number of aliphatic carboxylic acids is 1. The van der Waals surface area contributed by atoms with E-state index in [4.69, 9.17) is 0 Å². The van der Waals surface area contributed by atoms with Crippen LogP contribution in [0.1, 0.15) is 37.8 Å². The van der Waals surface area contributed by atoms with Crippen LogP contribution in [0.25, 0.3) is 0 Å². The van der Waals surface area contributed by atoms with E-state index in [-0.39, 0.29) is 12.5 Å². The highest BCUT2D eigenvalue weighted by Gasteiger charge is 2.19. The Hall–Kier alpha value is -1.84. The Morgan fingerprint density at radius 1 is 1.29 bits per heavy atom. The maximum absolute atomic E-state index is 11.7. The third-order valence-electron chi connectivity index (χ3n) is 3.41. The summed E-state index contributed by atoms with van der Waals surface area (Å²) >= 11 is 0. The average molecular weight is 291 g/mol. The molecule has 0 aliphatic rings. The highest BCUT2D eigenvalue weighted by molar-refractivity contribution is 5.77. The number of benzene rings is 1. The quantitative estimate of drug-likeness (QED) is 0.774. The van der Waals surface area contributed by atoms with Gasteiger partial charge in [-0.1, -0.05) is 43.7 Å². The molecule has 0 saturated heterocycles. The molecule has 0 saturated carbocycles. The van der Waals surface area contributed by atoms with Crippen molar-refractivity contribution in [2.45, 2.75) is 40.0 Å². The molecule has 4 nitrogen and oxygen atoms in total. The molecule has 2 N–H and O–H groups in total. The number of carbonyl (C=O) groups excluding carboxylic acids is 1. The maximum atomic E-state index is 11.7. The Labute approximate surface area is 126 Å². The van der Waals surface area contributed by atoms with Crippen molar-refractivity contribution >= 4 is 11.9 Å². The Balaban J connectivity index is 2.51. The number of carbonyl (C=O) groups is 2. The second-order valence-corrected chi connectivity index (χ2v) is 5.96. The van der Waals surface area contributed by atoms with Gasteiger partial charge in [0.05, 0.1) is 5.92 Å². The van der Waals surface area contributed by atoms with Crippen LogP contribution in [0.5, 0.6) is 0 Å². The molecule has 1 rings (SSSR count). The molecule has 116 valence electrons. The van der Waals surface area contributed by atoms with Gasteiger partial charge in [-0.15, -0.1) is 0 Å². The second kappa shape index (κ2) is 8.45. The molecule has 1 unspecified atom stereocenters. The largest absolute Gasteiger partial charge is 0.481 e. The molecule has 0 aromatic heterocycles. The lowest BCUT2D eigenvalue weighted by molar-refractivity contribution is -0.141. The summed E-state index contributed by atoms with van der Waals surface area (Å²) in [6.45, 7) is 6.28. The van der Waals surface area contributed by atoms with Crippen molar-refractivity contribution in [3.63, 3.8) is 0 Å². The Kier molecular flexibility index (Phi) is 6.92. The van der Waals surface area contributed by atoms with Crippen LogP contribution in [0.15, 0.2) is 24.3 Å². The Bertz CT molecular complexity index is 483. The highest BCUT2D eigenvalue weighted by Crippen LogP contribution is 2.11. The maximum Gasteiger partial charge on any atom is 0.308 e. The molecule has 1 atom stereocenters. The molecule has 0 aliphatic heterocycles. The molecule has 1 aromatic carbocycles. The molecular weight excluding hydrogens is 266 g/mol. The molecule has 4 heteroatoms. The zero-order valence-electron chi connectivity index (χ0n) is 13.1. The summed E-state index contributed by atoms with van der Waals surface area (Å²) in [5.74, 6) is -1.06. The van der Waals surface area contributed by atoms with E-state index in [0.29, 0.717) is 18.8 Å². The van der Waals surface area contributed by atoms with Crippen molar-refractivity contribution in [1.82, 2.24) is 5.32 Å². The van der Waals surface area contributed by atoms with Gasteiger partial charge < -0.3 is 10.4 Å². The van der Waals surface area contributed by atoms with E-state index in [9.17, 15) is 14.7 Å². The lowest BCUT2D eigenvalue weighted by atomic mass is 9.98. The summed E-state index contributed by atoms with van der Waals surface area (Å²) < 4.78 is 0. The molecule has 0 heterocycles. The van der Waals surface area contributed by atoms with Crippen LogP contribution in [-0.4, -0.2) is 23.5 Å². The molecule has 0 spiro atoms. The topological polar surface area (TPSA) is 66.4 Å². The van der Waals surface area contributed by atoms with Crippen molar-refractivity contribution in [1.29, 1.82) is 0 Å². The minimum atomic E-state index is -0.874. The lowest BCUT2D eigenvalue weighted by Crippen LogP contribution is -2.34. The first-order valence-corrected chi connectivity index (χ1v) is 7.43. The lowest BCUT2D eigenvalue weighted by Gasteiger charge is -2.14. The number of amides is 1. The fourth-order valence-corrected chi connectivity index (χ4v) is 2.12. The normalized spacial score (nSPS) is 12.2. The molecule has 0 aliphatic carbocycles. The Morgan fingerprint density at radius 3 is 2.57 bits per heavy atom. The van der Waals surface area contributed by atoms with Gasteiger partial charge in [0.15, 0.2) is 0 Å². The van der Waals surface area contributed by atoms with Gasteiger partial charge in [-0.05, 0) is 31.2 Å². The summed E-state index contributed by atoms with van der Waals surface area (Å²) in [5.41, 5.74) is 2.09. The molecule has 0 fully saturated rings. The number of hydrogen-bond acceptors (Lipinski definition) is 2. The summed E-state index contributed by atoms with van der Waals surface area (Å²) in [5, 5.41) is 12.0. The number of aryl methyl sites for hydroxylation is 1. The number of carboxylic acid groups (broad SMARTS) is 1. The SMILES string of the molecule is Cc1cccc(CC(CNC(=O)CCC(C)C)C(=O)O)c1. The fourth-order valence-electron chi connectivity index (χ4n) is 2.12. The predicted octanol–water partition coefficient (Wildman–Crippen LogP) is 2.79. The standard InChI is InChI=1S/C17H25NO3/c1-12(2)7-8-16(19)18-11-15(17(20)21)10-14-6-4-5-13(3)9-14/h4-6,9,12,15H,7-8,10-11H2,1-3H3,(H,18,19)(H,20,21). The smallest absolute Gasteiger partial charge is 0.308 e. The van der Waals surface area contributed by atoms with E-state index in [2.05, 4.69) is 19.2 Å². The van der Waals surface area contributed by atoms with E-state index >= 15 is 0 Å². The summed E-state index contributed by atoms with van der Waals surface area (Å²) in [6, 6.07) is 7.80. The molecule has 0 radical (unpaired) electrons. The van der Waals surface area contributed by atoms with Gasteiger partial charge in [0.1, 0.15) is 0 Å². The van der Waals surface area contributed by atoms with Gasteiger partial charge in [0, 0.05) is 13.0 Å². The molecule has 1 aromatic rings. The third-order valence-corrected chi connectivity index (χ3v) is 3.41. The Morgan fingerprint density at radius 2 is 2.00 bits per heavy atom. The third kappa shape index (κ3) is 6.93. The summed E-state index contributed by atoms with van der Waals surface area (Å²) in [7, 11) is 0. The summed E-state index contributed by atoms with van der Waals surface area (Å²) in [6.07, 6.45) is 1.71. The molecule has 1 amide bonds. The zero-order valence-corrected chi connectivity index (χ0v) is 13.1. The van der Waals surface area contributed by atoms with Gasteiger partial charge in [-0.3, -0.25) is 9.59 Å². The van der Waals surface area contributed by atoms with Crippen LogP contribution in [0, 0.1) is 18.8 Å². The average Bonchev–Trinajstić information content (AvgIpc) is 2.40. The van der Waals surface area contributed by atoms with Crippen molar-refractivity contribution in [3.05, 3.63) is 35.4 Å². The molecule has 21 heavy (non-hydrogen) atoms. The van der Waals surface area contributed by atoms with Crippen LogP contribution < -0.4 is 5.32 Å². The van der Waals surface area contributed by atoms with Gasteiger partial charge >= 0.3 is 5.97 Å². The monoisotopic (exact) mass is 291 g/mol. The summed E-state index contributed by atoms with van der Waals surface area (Å²) in [4.78, 5) is 23.0. The van der Waals surface area contributed by atoms with E-state index in [1.807, 2.05) is 31.2 Å². The number of rotatable bonds is 8. The van der Waals surface area contributed by atoms with E-state index in [0.717, 1.165) is 17.5 Å². The van der Waals surface area contributed by atoms with Gasteiger partial charge in [-0.2, -0.15) is 0 Å². The van der Waals surface area contributed by atoms with Gasteiger partial charge in [-0.25, -0.2) is 0 Å². The van der Waals surface area contributed by atoms with Crippen molar-refractivity contribution < 1.29 is 14.7 Å².